The third-order valence-corrected chi connectivity index (χ3v) is 14.1. The molecule has 0 aliphatic heterocycles. The molecule has 13 rings (SSSR count). The number of imidazole rings is 1. The number of hydrogen-bond acceptors (Lipinski definition) is 3. The highest BCUT2D eigenvalue weighted by Crippen LogP contribution is 2.41. The molecule has 0 unspecified atom stereocenters. The Morgan fingerprint density at radius 3 is 1.85 bits per heavy atom. The van der Waals surface area contributed by atoms with Crippen LogP contribution in [0.3, 0.4) is 0 Å². The van der Waals surface area contributed by atoms with E-state index in [0.29, 0.717) is 22.8 Å². The Labute approximate surface area is 443 Å². The maximum absolute atomic E-state index is 8.50. The van der Waals surface area contributed by atoms with Crippen LogP contribution in [0, 0.1) is 13.3 Å². The van der Waals surface area contributed by atoms with Gasteiger partial charge in [0.05, 0.1) is 29.8 Å². The van der Waals surface area contributed by atoms with Crippen molar-refractivity contribution in [3.8, 4) is 90.0 Å². The van der Waals surface area contributed by atoms with Crippen molar-refractivity contribution < 1.29 is 20.6 Å². The predicted octanol–water partition coefficient (Wildman–Crippen LogP) is 17.5. The van der Waals surface area contributed by atoms with Crippen molar-refractivity contribution in [3.63, 3.8) is 0 Å². The maximum Gasteiger partial charge on any atom is 0.272 e. The van der Waals surface area contributed by atoms with E-state index in [9.17, 15) is 0 Å². The van der Waals surface area contributed by atoms with Gasteiger partial charge < -0.3 is 9.15 Å². The highest BCUT2D eigenvalue weighted by Gasteiger charge is 2.26. The van der Waals surface area contributed by atoms with E-state index in [-0.39, 0.29) is 35.1 Å². The summed E-state index contributed by atoms with van der Waals surface area (Å²) >= 11 is 0. The molecule has 0 bridgehead atoms. The van der Waals surface area contributed by atoms with Crippen LogP contribution in [0.2, 0.25) is 0 Å². The first-order valence-corrected chi connectivity index (χ1v) is 25.1. The van der Waals surface area contributed by atoms with Crippen molar-refractivity contribution in [2.75, 3.05) is 0 Å². The lowest BCUT2D eigenvalue weighted by molar-refractivity contribution is -0.586. The van der Waals surface area contributed by atoms with E-state index in [4.69, 9.17) is 21.0 Å². The van der Waals surface area contributed by atoms with Crippen LogP contribution in [0.15, 0.2) is 247 Å². The minimum atomic E-state index is -0.412. The molecule has 13 aromatic rings. The number of fused-ring (bicyclic) bond motifs is 4. The molecule has 0 saturated carbocycles. The molecule has 0 spiro atoms. The summed E-state index contributed by atoms with van der Waals surface area (Å²) in [7, 11) is 0. The Hall–Kier alpha value is -9.52. The van der Waals surface area contributed by atoms with E-state index < -0.39 is 6.04 Å². The van der Waals surface area contributed by atoms with E-state index in [1.807, 2.05) is 59.3 Å². The number of para-hydroxylation sites is 2. The van der Waals surface area contributed by atoms with Gasteiger partial charge in [0.15, 0.2) is 0 Å². The number of rotatable bonds is 10. The zero-order valence-corrected chi connectivity index (χ0v) is 41.8. The number of ether oxygens (including phenoxy) is 1. The predicted molar refractivity (Wildman–Crippen MR) is 305 cm³/mol. The second kappa shape index (κ2) is 18.5. The monoisotopic (exact) mass is 973 g/mol. The van der Waals surface area contributed by atoms with Crippen molar-refractivity contribution in [1.82, 2.24) is 14.0 Å². The SMILES string of the molecule is [2H]c1c([2H])c([2H])c(-c2ccc(-c3cnc(-n4c5ccccc5c5ccc(Oc6cc(-c7coc8c(-c9ccccc9)[n+](-c9c(-c%10ccccc%10)cccc9-c9ccccc9)[c-]n78)cc(C(C)(C)C)c6)cc54)cc3C)cc2)c([2H])c1[2H]. The highest BCUT2D eigenvalue weighted by molar-refractivity contribution is 6.09. The molecule has 0 radical (unpaired) electrons. The normalized spacial score (nSPS) is 12.7. The lowest BCUT2D eigenvalue weighted by atomic mass is 9.85. The molecule has 0 saturated heterocycles. The maximum atomic E-state index is 8.50. The number of pyridine rings is 1. The van der Waals surface area contributed by atoms with Crippen LogP contribution < -0.4 is 9.30 Å². The number of aromatic nitrogens is 4. The van der Waals surface area contributed by atoms with Gasteiger partial charge in [-0.05, 0) is 110 Å². The molecule has 0 aliphatic carbocycles. The summed E-state index contributed by atoms with van der Waals surface area (Å²) in [6.07, 6.45) is 7.51. The van der Waals surface area contributed by atoms with E-state index in [1.54, 1.807) is 12.1 Å². The zero-order chi connectivity index (χ0) is 55.0. The Kier molecular flexibility index (Phi) is 9.88. The van der Waals surface area contributed by atoms with Crippen molar-refractivity contribution in [1.29, 1.82) is 0 Å². The molecule has 0 N–H and O–H groups in total. The fourth-order valence-electron chi connectivity index (χ4n) is 10.3. The van der Waals surface area contributed by atoms with Gasteiger partial charge >= 0.3 is 0 Å². The van der Waals surface area contributed by atoms with Gasteiger partial charge in [-0.2, -0.15) is 0 Å². The Morgan fingerprint density at radius 2 is 1.17 bits per heavy atom. The van der Waals surface area contributed by atoms with E-state index in [0.717, 1.165) is 100 Å². The standard InChI is InChI=1S/C69H52N4O2/c1-46-38-65(70-43-61(46)51-34-32-48(33-35-51)47-20-9-5-10-21-47)73-62-31-18-17-28-59(62)60-37-36-55(42-63(60)73)75-56-40-53(39-54(41-56)69(2,3)4)64-44-74-68-66(52-26-15-8-16-27-52)72(45-71(64)68)67-57(49-22-11-6-12-23-49)29-19-30-58(67)50-24-13-7-14-25-50/h5-44H,1-4H3/i5D,9D,10D,20D,21D. The van der Waals surface area contributed by atoms with Gasteiger partial charge in [0.25, 0.3) is 6.33 Å². The minimum Gasteiger partial charge on any atom is -0.472 e. The third kappa shape index (κ3) is 8.27. The second-order valence-electron chi connectivity index (χ2n) is 19.9. The lowest BCUT2D eigenvalue weighted by Gasteiger charge is -2.21. The Balaban J connectivity index is 0.903. The molecule has 0 atom stereocenters. The number of nitrogens with zero attached hydrogens (tertiary/aromatic N) is 4. The summed E-state index contributed by atoms with van der Waals surface area (Å²) in [4.78, 5) is 5.08. The van der Waals surface area contributed by atoms with Crippen LogP contribution in [0.25, 0.3) is 106 Å². The van der Waals surface area contributed by atoms with Gasteiger partial charge in [-0.1, -0.05) is 209 Å². The summed E-state index contributed by atoms with van der Waals surface area (Å²) in [5, 5.41) is 2.14. The Bertz CT molecular complexity index is 4460. The van der Waals surface area contributed by atoms with Gasteiger partial charge in [0.2, 0.25) is 5.71 Å². The summed E-state index contributed by atoms with van der Waals surface area (Å²) in [5.74, 6) is 2.07. The lowest BCUT2D eigenvalue weighted by Crippen LogP contribution is -2.33. The third-order valence-electron chi connectivity index (χ3n) is 14.1. The van der Waals surface area contributed by atoms with Crippen molar-refractivity contribution in [3.05, 3.63) is 260 Å². The topological polar surface area (TPSA) is 48.5 Å². The van der Waals surface area contributed by atoms with Crippen LogP contribution in [-0.4, -0.2) is 14.0 Å². The van der Waals surface area contributed by atoms with Gasteiger partial charge in [0.1, 0.15) is 28.7 Å². The first-order chi connectivity index (χ1) is 38.8. The molecule has 0 amide bonds. The molecule has 0 aliphatic rings. The largest absolute Gasteiger partial charge is 0.472 e. The average molecular weight is 974 g/mol. The van der Waals surface area contributed by atoms with Crippen LogP contribution in [0.1, 0.15) is 38.8 Å². The van der Waals surface area contributed by atoms with E-state index in [2.05, 4.69) is 189 Å². The van der Waals surface area contributed by atoms with Crippen LogP contribution in [0.5, 0.6) is 11.5 Å². The number of hydrogen-bond donors (Lipinski definition) is 0. The second-order valence-corrected chi connectivity index (χ2v) is 19.9. The zero-order valence-electron chi connectivity index (χ0n) is 46.8. The van der Waals surface area contributed by atoms with E-state index >= 15 is 0 Å². The number of benzene rings is 9. The van der Waals surface area contributed by atoms with Crippen LogP contribution in [0.4, 0.5) is 0 Å². The minimum absolute atomic E-state index is 0.171. The fourth-order valence-corrected chi connectivity index (χ4v) is 10.3. The molecule has 6 nitrogen and oxygen atoms in total. The van der Waals surface area contributed by atoms with Gasteiger partial charge in [-0.25, -0.2) is 4.98 Å². The average Bonchev–Trinajstić information content (AvgIpc) is 4.35. The van der Waals surface area contributed by atoms with Gasteiger partial charge in [-0.15, -0.1) is 0 Å². The molecule has 4 aromatic heterocycles. The van der Waals surface area contributed by atoms with E-state index in [1.165, 1.54) is 0 Å². The summed E-state index contributed by atoms with van der Waals surface area (Å²) in [6, 6.07) is 66.7. The number of aryl methyl sites for hydroxylation is 1. The molecule has 4 heterocycles. The molecule has 6 heteroatoms. The van der Waals surface area contributed by atoms with Crippen LogP contribution >= 0.6 is 0 Å². The van der Waals surface area contributed by atoms with Crippen molar-refractivity contribution in [2.24, 2.45) is 0 Å². The Morgan fingerprint density at radius 1 is 0.547 bits per heavy atom. The van der Waals surface area contributed by atoms with Gasteiger partial charge in [-0.3, -0.25) is 13.5 Å². The molecule has 75 heavy (non-hydrogen) atoms. The molecular weight excluding hydrogens is 917 g/mol. The van der Waals surface area contributed by atoms with Crippen LogP contribution in [-0.2, 0) is 5.41 Å². The van der Waals surface area contributed by atoms with Crippen molar-refractivity contribution >= 4 is 27.5 Å². The molecule has 9 aromatic carbocycles. The summed E-state index contributed by atoms with van der Waals surface area (Å²) in [5.41, 5.74) is 15.8. The molecule has 0 fully saturated rings. The summed E-state index contributed by atoms with van der Waals surface area (Å²) < 4.78 is 61.5. The fraction of sp³-hybridized carbons (Fsp3) is 0.0725. The highest BCUT2D eigenvalue weighted by atomic mass is 16.5. The smallest absolute Gasteiger partial charge is 0.272 e. The quantitative estimate of drug-likeness (QED) is 0.101. The molecule has 360 valence electrons. The van der Waals surface area contributed by atoms with Crippen molar-refractivity contribution in [2.45, 2.75) is 33.1 Å². The first-order valence-electron chi connectivity index (χ1n) is 27.6. The molecular formula is C69H52N4O2. The first kappa shape index (κ1) is 40.0. The van der Waals surface area contributed by atoms with Gasteiger partial charge in [0, 0.05) is 28.6 Å². The number of oxazole rings is 1. The summed E-state index contributed by atoms with van der Waals surface area (Å²) in [6.45, 7) is 8.68.